The van der Waals surface area contributed by atoms with Crippen molar-refractivity contribution in [1.29, 1.82) is 0 Å². The van der Waals surface area contributed by atoms with Crippen LogP contribution in [0, 0.1) is 23.0 Å². The van der Waals surface area contributed by atoms with E-state index in [1.807, 2.05) is 6.92 Å². The minimum atomic E-state index is -0.836. The maximum absolute atomic E-state index is 11.3. The van der Waals surface area contributed by atoms with E-state index in [0.29, 0.717) is 12.1 Å². The van der Waals surface area contributed by atoms with E-state index in [4.69, 9.17) is 0 Å². The fraction of sp³-hybridized carbons (Fsp3) is 0.500. The molecule has 0 aliphatic heterocycles. The number of nitro benzene ring substituents is 1. The highest BCUT2D eigenvalue weighted by molar-refractivity contribution is 5.72. The predicted octanol–water partition coefficient (Wildman–Crippen LogP) is 2.96. The smallest absolute Gasteiger partial charge is 0.308 e. The molecule has 0 radical (unpaired) electrons. The summed E-state index contributed by atoms with van der Waals surface area (Å²) < 4.78 is 0. The van der Waals surface area contributed by atoms with Crippen LogP contribution in [0.5, 0.6) is 0 Å². The number of carboxylic acid groups (broad SMARTS) is 1. The Morgan fingerprint density at radius 2 is 2.10 bits per heavy atom. The van der Waals surface area contributed by atoms with Crippen LogP contribution < -0.4 is 5.32 Å². The van der Waals surface area contributed by atoms with Crippen molar-refractivity contribution in [1.82, 2.24) is 0 Å². The van der Waals surface area contributed by atoms with Gasteiger partial charge in [-0.3, -0.25) is 14.9 Å². The lowest BCUT2D eigenvalue weighted by molar-refractivity contribution is -0.384. The van der Waals surface area contributed by atoms with Gasteiger partial charge < -0.3 is 10.4 Å². The highest BCUT2D eigenvalue weighted by Gasteiger charge is 2.31. The number of carbonyl (C=O) groups is 1. The number of nitrogens with one attached hydrogen (secondary N) is 1. The molecule has 1 aromatic carbocycles. The van der Waals surface area contributed by atoms with Crippen molar-refractivity contribution in [3.63, 3.8) is 0 Å². The standard InChI is InChI=1S/C14H18N2O4/c1-9-6-7-13(16(19)20)12(8-9)15-11-5-3-2-4-10(11)14(17)18/h6-8,10-11,15H,2-5H2,1H3,(H,17,18). The van der Waals surface area contributed by atoms with Crippen LogP contribution in [0.3, 0.4) is 0 Å². The predicted molar refractivity (Wildman–Crippen MR) is 74.8 cm³/mol. The molecule has 2 atom stereocenters. The molecule has 2 unspecified atom stereocenters. The number of nitrogens with zero attached hydrogens (tertiary/aromatic N) is 1. The topological polar surface area (TPSA) is 92.5 Å². The Labute approximate surface area is 117 Å². The fourth-order valence-electron chi connectivity index (χ4n) is 2.72. The van der Waals surface area contributed by atoms with Crippen molar-refractivity contribution in [3.05, 3.63) is 33.9 Å². The first-order chi connectivity index (χ1) is 9.49. The molecule has 0 heterocycles. The van der Waals surface area contributed by atoms with Crippen molar-refractivity contribution >= 4 is 17.3 Å². The van der Waals surface area contributed by atoms with Gasteiger partial charge in [0.05, 0.1) is 10.8 Å². The lowest BCUT2D eigenvalue weighted by Gasteiger charge is -2.30. The van der Waals surface area contributed by atoms with Gasteiger partial charge >= 0.3 is 5.97 Å². The Bertz CT molecular complexity index is 530. The summed E-state index contributed by atoms with van der Waals surface area (Å²) in [7, 11) is 0. The molecule has 6 nitrogen and oxygen atoms in total. The summed E-state index contributed by atoms with van der Waals surface area (Å²) in [6.45, 7) is 1.85. The molecule has 6 heteroatoms. The number of benzene rings is 1. The van der Waals surface area contributed by atoms with E-state index in [1.54, 1.807) is 12.1 Å². The molecular formula is C14H18N2O4. The summed E-state index contributed by atoms with van der Waals surface area (Å²) in [5, 5.41) is 23.4. The van der Waals surface area contributed by atoms with Gasteiger partial charge in [-0.2, -0.15) is 0 Å². The normalized spacial score (nSPS) is 22.2. The third-order valence-corrected chi connectivity index (χ3v) is 3.77. The van der Waals surface area contributed by atoms with Crippen molar-refractivity contribution in [2.75, 3.05) is 5.32 Å². The second kappa shape index (κ2) is 5.90. The molecule has 0 spiro atoms. The number of carboxylic acids is 1. The van der Waals surface area contributed by atoms with Crippen LogP contribution >= 0.6 is 0 Å². The van der Waals surface area contributed by atoms with Gasteiger partial charge in [0.25, 0.3) is 5.69 Å². The first-order valence-corrected chi connectivity index (χ1v) is 6.73. The molecule has 1 saturated carbocycles. The van der Waals surface area contributed by atoms with Crippen molar-refractivity contribution in [2.24, 2.45) is 5.92 Å². The molecule has 1 aliphatic rings. The van der Waals surface area contributed by atoms with Gasteiger partial charge in [0.1, 0.15) is 5.69 Å². The molecule has 1 aliphatic carbocycles. The van der Waals surface area contributed by atoms with Gasteiger partial charge in [0, 0.05) is 12.1 Å². The fourth-order valence-corrected chi connectivity index (χ4v) is 2.72. The van der Waals surface area contributed by atoms with Crippen LogP contribution in [0.2, 0.25) is 0 Å². The Kier molecular flexibility index (Phi) is 4.22. The zero-order chi connectivity index (χ0) is 14.7. The first-order valence-electron chi connectivity index (χ1n) is 6.73. The number of aliphatic carboxylic acids is 1. The van der Waals surface area contributed by atoms with Crippen LogP contribution in [0.15, 0.2) is 18.2 Å². The minimum Gasteiger partial charge on any atom is -0.481 e. The van der Waals surface area contributed by atoms with E-state index in [0.717, 1.165) is 24.8 Å². The monoisotopic (exact) mass is 278 g/mol. The number of hydrogen-bond acceptors (Lipinski definition) is 4. The van der Waals surface area contributed by atoms with Crippen LogP contribution in [0.1, 0.15) is 31.2 Å². The molecule has 0 aromatic heterocycles. The van der Waals surface area contributed by atoms with Crippen LogP contribution in [-0.2, 0) is 4.79 Å². The van der Waals surface area contributed by atoms with E-state index in [1.165, 1.54) is 6.07 Å². The van der Waals surface area contributed by atoms with Gasteiger partial charge in [-0.15, -0.1) is 0 Å². The zero-order valence-corrected chi connectivity index (χ0v) is 11.3. The molecule has 108 valence electrons. The van der Waals surface area contributed by atoms with Gasteiger partial charge in [0.2, 0.25) is 0 Å². The number of anilines is 1. The average molecular weight is 278 g/mol. The van der Waals surface area contributed by atoms with Crippen molar-refractivity contribution in [3.8, 4) is 0 Å². The van der Waals surface area contributed by atoms with Crippen molar-refractivity contribution < 1.29 is 14.8 Å². The summed E-state index contributed by atoms with van der Waals surface area (Å²) in [6, 6.07) is 4.59. The van der Waals surface area contributed by atoms with Gasteiger partial charge in [-0.1, -0.05) is 18.9 Å². The van der Waals surface area contributed by atoms with E-state index in [9.17, 15) is 20.0 Å². The van der Waals surface area contributed by atoms with E-state index >= 15 is 0 Å². The molecule has 2 N–H and O–H groups in total. The van der Waals surface area contributed by atoms with E-state index in [2.05, 4.69) is 5.32 Å². The molecule has 2 rings (SSSR count). The third-order valence-electron chi connectivity index (χ3n) is 3.77. The summed E-state index contributed by atoms with van der Waals surface area (Å²) >= 11 is 0. The van der Waals surface area contributed by atoms with Crippen LogP contribution in [0.4, 0.5) is 11.4 Å². The summed E-state index contributed by atoms with van der Waals surface area (Å²) in [5.74, 6) is -1.32. The van der Waals surface area contributed by atoms with Gasteiger partial charge in [-0.25, -0.2) is 0 Å². The SMILES string of the molecule is Cc1ccc([N+](=O)[O-])c(NC2CCCCC2C(=O)O)c1. The van der Waals surface area contributed by atoms with Crippen molar-refractivity contribution in [2.45, 2.75) is 38.6 Å². The second-order valence-corrected chi connectivity index (χ2v) is 5.26. The number of rotatable bonds is 4. The van der Waals surface area contributed by atoms with Crippen LogP contribution in [-0.4, -0.2) is 22.0 Å². The van der Waals surface area contributed by atoms with Gasteiger partial charge in [0.15, 0.2) is 0 Å². The molecule has 0 bridgehead atoms. The molecule has 20 heavy (non-hydrogen) atoms. The summed E-state index contributed by atoms with van der Waals surface area (Å²) in [4.78, 5) is 21.9. The zero-order valence-electron chi connectivity index (χ0n) is 11.3. The number of nitro groups is 1. The summed E-state index contributed by atoms with van der Waals surface area (Å²) in [5.41, 5.74) is 1.30. The largest absolute Gasteiger partial charge is 0.481 e. The quantitative estimate of drug-likeness (QED) is 0.652. The summed E-state index contributed by atoms with van der Waals surface area (Å²) in [6.07, 6.45) is 3.18. The molecule has 1 fully saturated rings. The Morgan fingerprint density at radius 1 is 1.40 bits per heavy atom. The highest BCUT2D eigenvalue weighted by atomic mass is 16.6. The van der Waals surface area contributed by atoms with E-state index in [-0.39, 0.29) is 11.7 Å². The number of hydrogen-bond donors (Lipinski definition) is 2. The Balaban J connectivity index is 2.25. The molecule has 0 saturated heterocycles. The molecule has 0 amide bonds. The lowest BCUT2D eigenvalue weighted by Crippen LogP contribution is -2.37. The van der Waals surface area contributed by atoms with Crippen LogP contribution in [0.25, 0.3) is 0 Å². The lowest BCUT2D eigenvalue weighted by atomic mass is 9.84. The maximum Gasteiger partial charge on any atom is 0.308 e. The molecule has 1 aromatic rings. The minimum absolute atomic E-state index is 0.00897. The first kappa shape index (κ1) is 14.3. The Hall–Kier alpha value is -2.11. The Morgan fingerprint density at radius 3 is 2.75 bits per heavy atom. The third kappa shape index (κ3) is 3.07. The second-order valence-electron chi connectivity index (χ2n) is 5.26. The number of aryl methyl sites for hydroxylation is 1. The van der Waals surface area contributed by atoms with Gasteiger partial charge in [-0.05, 0) is 31.4 Å². The highest BCUT2D eigenvalue weighted by Crippen LogP contribution is 2.31. The molecular weight excluding hydrogens is 260 g/mol. The average Bonchev–Trinajstić information content (AvgIpc) is 2.38. The maximum atomic E-state index is 11.3. The van der Waals surface area contributed by atoms with E-state index < -0.39 is 16.8 Å².